The zero-order valence-corrected chi connectivity index (χ0v) is 13.1. The van der Waals surface area contributed by atoms with Crippen molar-refractivity contribution in [1.82, 2.24) is 4.90 Å². The van der Waals surface area contributed by atoms with Crippen LogP contribution in [0.5, 0.6) is 0 Å². The molecule has 2 atom stereocenters. The number of rotatable bonds is 4. The average Bonchev–Trinajstić information content (AvgIpc) is 3.01. The molecule has 0 saturated carbocycles. The molecule has 6 heteroatoms. The minimum Gasteiger partial charge on any atom is -0.478 e. The number of benzene rings is 1. The van der Waals surface area contributed by atoms with Gasteiger partial charge in [-0.15, -0.1) is 0 Å². The third kappa shape index (κ3) is 3.43. The summed E-state index contributed by atoms with van der Waals surface area (Å²) in [5, 5.41) is 9.32. The summed E-state index contributed by atoms with van der Waals surface area (Å²) < 4.78 is 11.4. The van der Waals surface area contributed by atoms with Gasteiger partial charge in [-0.2, -0.15) is 0 Å². The topological polar surface area (TPSA) is 59.0 Å². The SMILES string of the molecule is O=C(O)c1ccc(CN2CCOCC2C2CCCO2)cc1Cl. The minimum atomic E-state index is -1.000. The van der Waals surface area contributed by atoms with E-state index in [1.807, 2.05) is 6.07 Å². The number of nitrogens with zero attached hydrogens (tertiary/aromatic N) is 1. The van der Waals surface area contributed by atoms with Crippen LogP contribution in [0.4, 0.5) is 0 Å². The van der Waals surface area contributed by atoms with E-state index in [1.165, 1.54) is 0 Å². The molecule has 0 aromatic heterocycles. The smallest absolute Gasteiger partial charge is 0.337 e. The number of carboxylic acids is 1. The number of carbonyl (C=O) groups is 1. The number of aromatic carboxylic acids is 1. The van der Waals surface area contributed by atoms with Crippen molar-refractivity contribution in [3.05, 3.63) is 34.3 Å². The van der Waals surface area contributed by atoms with Crippen molar-refractivity contribution in [2.45, 2.75) is 31.5 Å². The van der Waals surface area contributed by atoms with Gasteiger partial charge in [0, 0.05) is 19.7 Å². The maximum atomic E-state index is 11.0. The van der Waals surface area contributed by atoms with Crippen LogP contribution >= 0.6 is 11.6 Å². The fourth-order valence-corrected chi connectivity index (χ4v) is 3.45. The lowest BCUT2D eigenvalue weighted by Gasteiger charge is -2.38. The Labute approximate surface area is 134 Å². The molecule has 1 aromatic carbocycles. The molecule has 0 spiro atoms. The summed E-state index contributed by atoms with van der Waals surface area (Å²) in [6.45, 7) is 3.81. The molecule has 2 saturated heterocycles. The predicted octanol–water partition coefficient (Wildman–Crippen LogP) is 2.42. The predicted molar refractivity (Wildman–Crippen MR) is 82.4 cm³/mol. The summed E-state index contributed by atoms with van der Waals surface area (Å²) in [7, 11) is 0. The Morgan fingerprint density at radius 2 is 2.27 bits per heavy atom. The third-order valence-electron chi connectivity index (χ3n) is 4.32. The Morgan fingerprint density at radius 3 is 2.95 bits per heavy atom. The van der Waals surface area contributed by atoms with Crippen LogP contribution in [0.2, 0.25) is 5.02 Å². The third-order valence-corrected chi connectivity index (χ3v) is 4.64. The number of halogens is 1. The van der Waals surface area contributed by atoms with Gasteiger partial charge in [0.25, 0.3) is 0 Å². The molecule has 3 rings (SSSR count). The van der Waals surface area contributed by atoms with Crippen LogP contribution in [0.1, 0.15) is 28.8 Å². The van der Waals surface area contributed by atoms with E-state index in [0.29, 0.717) is 13.2 Å². The van der Waals surface area contributed by atoms with Gasteiger partial charge in [0.05, 0.1) is 35.9 Å². The number of carboxylic acid groups (broad SMARTS) is 1. The van der Waals surface area contributed by atoms with Crippen LogP contribution in [0.15, 0.2) is 18.2 Å². The Hall–Kier alpha value is -1.14. The Kier molecular flexibility index (Phi) is 4.98. The molecular weight excluding hydrogens is 306 g/mol. The van der Waals surface area contributed by atoms with E-state index in [9.17, 15) is 4.79 Å². The number of hydrogen-bond donors (Lipinski definition) is 1. The fourth-order valence-electron chi connectivity index (χ4n) is 3.17. The molecule has 0 radical (unpaired) electrons. The Morgan fingerprint density at radius 1 is 1.41 bits per heavy atom. The van der Waals surface area contributed by atoms with Crippen molar-refractivity contribution >= 4 is 17.6 Å². The molecule has 2 fully saturated rings. The molecule has 0 amide bonds. The maximum Gasteiger partial charge on any atom is 0.337 e. The second kappa shape index (κ2) is 6.96. The lowest BCUT2D eigenvalue weighted by Crippen LogP contribution is -2.51. The van der Waals surface area contributed by atoms with Gasteiger partial charge in [0.15, 0.2) is 0 Å². The number of hydrogen-bond acceptors (Lipinski definition) is 4. The molecule has 120 valence electrons. The van der Waals surface area contributed by atoms with Gasteiger partial charge in [0.2, 0.25) is 0 Å². The highest BCUT2D eigenvalue weighted by molar-refractivity contribution is 6.33. The minimum absolute atomic E-state index is 0.142. The average molecular weight is 326 g/mol. The molecule has 1 N–H and O–H groups in total. The molecule has 1 aromatic rings. The lowest BCUT2D eigenvalue weighted by molar-refractivity contribution is -0.0685. The summed E-state index contributed by atoms with van der Waals surface area (Å²) in [6.07, 6.45) is 2.41. The molecule has 0 aliphatic carbocycles. The number of morpholine rings is 1. The molecule has 0 bridgehead atoms. The largest absolute Gasteiger partial charge is 0.478 e. The first-order chi connectivity index (χ1) is 10.6. The van der Waals surface area contributed by atoms with E-state index in [0.717, 1.165) is 38.1 Å². The zero-order valence-electron chi connectivity index (χ0n) is 12.3. The first-order valence-electron chi connectivity index (χ1n) is 7.60. The van der Waals surface area contributed by atoms with Gasteiger partial charge in [-0.05, 0) is 30.5 Å². The summed E-state index contributed by atoms with van der Waals surface area (Å²) in [4.78, 5) is 13.4. The van der Waals surface area contributed by atoms with E-state index >= 15 is 0 Å². The highest BCUT2D eigenvalue weighted by Crippen LogP contribution is 2.25. The van der Waals surface area contributed by atoms with E-state index in [1.54, 1.807) is 12.1 Å². The summed E-state index contributed by atoms with van der Waals surface area (Å²) in [5.74, 6) is -1.000. The van der Waals surface area contributed by atoms with Gasteiger partial charge >= 0.3 is 5.97 Å². The van der Waals surface area contributed by atoms with Gasteiger partial charge in [-0.3, -0.25) is 4.90 Å². The second-order valence-electron chi connectivity index (χ2n) is 5.78. The molecule has 2 heterocycles. The van der Waals surface area contributed by atoms with Crippen LogP contribution in [-0.2, 0) is 16.0 Å². The summed E-state index contributed by atoms with van der Waals surface area (Å²) in [6, 6.07) is 5.40. The van der Waals surface area contributed by atoms with Gasteiger partial charge < -0.3 is 14.6 Å². The molecule has 5 nitrogen and oxygen atoms in total. The van der Waals surface area contributed by atoms with Crippen LogP contribution in [0, 0.1) is 0 Å². The van der Waals surface area contributed by atoms with Crippen LogP contribution in [0.3, 0.4) is 0 Å². The van der Waals surface area contributed by atoms with Crippen molar-refractivity contribution in [2.75, 3.05) is 26.4 Å². The van der Waals surface area contributed by atoms with Crippen LogP contribution in [-0.4, -0.2) is 54.5 Å². The first-order valence-corrected chi connectivity index (χ1v) is 7.98. The summed E-state index contributed by atoms with van der Waals surface area (Å²) in [5.41, 5.74) is 1.16. The normalized spacial score (nSPS) is 26.2. The highest BCUT2D eigenvalue weighted by atomic mass is 35.5. The number of ether oxygens (including phenoxy) is 2. The summed E-state index contributed by atoms with van der Waals surface area (Å²) >= 11 is 6.06. The Balaban J connectivity index is 1.72. The standard InChI is InChI=1S/C16H20ClNO4/c17-13-8-11(3-4-12(13)16(19)20)9-18-5-7-21-10-14(18)15-2-1-6-22-15/h3-4,8,14-15H,1-2,5-7,9-10H2,(H,19,20). The molecular formula is C16H20ClNO4. The van der Waals surface area contributed by atoms with Gasteiger partial charge in [-0.25, -0.2) is 4.79 Å². The van der Waals surface area contributed by atoms with E-state index in [4.69, 9.17) is 26.2 Å². The van der Waals surface area contributed by atoms with E-state index in [-0.39, 0.29) is 22.7 Å². The maximum absolute atomic E-state index is 11.0. The fraction of sp³-hybridized carbons (Fsp3) is 0.562. The quantitative estimate of drug-likeness (QED) is 0.921. The van der Waals surface area contributed by atoms with Crippen molar-refractivity contribution in [3.63, 3.8) is 0 Å². The van der Waals surface area contributed by atoms with Crippen molar-refractivity contribution in [2.24, 2.45) is 0 Å². The van der Waals surface area contributed by atoms with E-state index < -0.39 is 5.97 Å². The highest BCUT2D eigenvalue weighted by Gasteiger charge is 2.33. The molecule has 2 unspecified atom stereocenters. The van der Waals surface area contributed by atoms with Crippen LogP contribution in [0.25, 0.3) is 0 Å². The second-order valence-corrected chi connectivity index (χ2v) is 6.19. The van der Waals surface area contributed by atoms with Crippen molar-refractivity contribution in [1.29, 1.82) is 0 Å². The first kappa shape index (κ1) is 15.7. The van der Waals surface area contributed by atoms with E-state index in [2.05, 4.69) is 4.90 Å². The van der Waals surface area contributed by atoms with Gasteiger partial charge in [-0.1, -0.05) is 17.7 Å². The van der Waals surface area contributed by atoms with Crippen molar-refractivity contribution < 1.29 is 19.4 Å². The lowest BCUT2D eigenvalue weighted by atomic mass is 10.0. The monoisotopic (exact) mass is 325 g/mol. The molecule has 2 aliphatic rings. The molecule has 22 heavy (non-hydrogen) atoms. The van der Waals surface area contributed by atoms with Gasteiger partial charge in [0.1, 0.15) is 0 Å². The zero-order chi connectivity index (χ0) is 15.5. The van der Waals surface area contributed by atoms with Crippen LogP contribution < -0.4 is 0 Å². The van der Waals surface area contributed by atoms with Crippen molar-refractivity contribution in [3.8, 4) is 0 Å². The molecule has 2 aliphatic heterocycles. The Bertz CT molecular complexity index is 545.